The Labute approximate surface area is 163 Å². The highest BCUT2D eigenvalue weighted by Crippen LogP contribution is 2.25. The van der Waals surface area contributed by atoms with E-state index >= 15 is 0 Å². The molecule has 0 spiro atoms. The van der Waals surface area contributed by atoms with Gasteiger partial charge >= 0.3 is 0 Å². The molecule has 2 aromatic rings. The van der Waals surface area contributed by atoms with Crippen LogP contribution in [0, 0.1) is 6.92 Å². The molecule has 0 saturated heterocycles. The first kappa shape index (κ1) is 20.2. The molecule has 0 fully saturated rings. The van der Waals surface area contributed by atoms with Crippen molar-refractivity contribution in [2.24, 2.45) is 0 Å². The summed E-state index contributed by atoms with van der Waals surface area (Å²) in [6.45, 7) is 3.78. The fourth-order valence-electron chi connectivity index (χ4n) is 2.23. The molecule has 138 valence electrons. The van der Waals surface area contributed by atoms with E-state index in [2.05, 4.69) is 10.6 Å². The number of hydrogen-bond donors (Lipinski definition) is 2. The van der Waals surface area contributed by atoms with E-state index < -0.39 is 6.04 Å². The van der Waals surface area contributed by atoms with E-state index in [1.807, 2.05) is 31.2 Å². The zero-order valence-corrected chi connectivity index (χ0v) is 16.4. The average molecular weight is 394 g/mol. The summed E-state index contributed by atoms with van der Waals surface area (Å²) in [5.41, 5.74) is 2.32. The summed E-state index contributed by atoms with van der Waals surface area (Å²) in [6.07, 6.45) is 0. The zero-order chi connectivity index (χ0) is 19.3. The van der Waals surface area contributed by atoms with Crippen LogP contribution in [-0.4, -0.2) is 36.3 Å². The molecule has 0 bridgehead atoms. The maximum Gasteiger partial charge on any atom is 0.241 e. The van der Waals surface area contributed by atoms with Crippen LogP contribution in [0.4, 0.5) is 11.4 Å². The number of benzene rings is 2. The van der Waals surface area contributed by atoms with Crippen molar-refractivity contribution in [1.29, 1.82) is 0 Å². The lowest BCUT2D eigenvalue weighted by Gasteiger charge is -2.23. The van der Waals surface area contributed by atoms with Crippen LogP contribution in [0.1, 0.15) is 12.5 Å². The van der Waals surface area contributed by atoms with Crippen molar-refractivity contribution in [1.82, 2.24) is 4.90 Å². The minimum absolute atomic E-state index is 0.0802. The third kappa shape index (κ3) is 5.73. The topological polar surface area (TPSA) is 61.4 Å². The van der Waals surface area contributed by atoms with E-state index in [9.17, 15) is 9.59 Å². The van der Waals surface area contributed by atoms with Crippen LogP contribution in [0.15, 0.2) is 42.5 Å². The van der Waals surface area contributed by atoms with Crippen molar-refractivity contribution >= 4 is 46.4 Å². The highest BCUT2D eigenvalue weighted by atomic mass is 35.5. The number of carbonyl (C=O) groups is 2. The molecule has 2 amide bonds. The van der Waals surface area contributed by atoms with Crippen molar-refractivity contribution in [3.8, 4) is 0 Å². The summed E-state index contributed by atoms with van der Waals surface area (Å²) < 4.78 is 0. The third-order valence-electron chi connectivity index (χ3n) is 3.96. The molecule has 1 atom stereocenters. The molecule has 0 saturated carbocycles. The van der Waals surface area contributed by atoms with E-state index in [1.54, 1.807) is 37.1 Å². The quantitative estimate of drug-likeness (QED) is 0.772. The molecule has 0 aromatic heterocycles. The molecule has 0 unspecified atom stereocenters. The van der Waals surface area contributed by atoms with Crippen LogP contribution >= 0.6 is 23.2 Å². The Morgan fingerprint density at radius 1 is 1.08 bits per heavy atom. The average Bonchev–Trinajstić information content (AvgIpc) is 2.58. The number of anilines is 2. The van der Waals surface area contributed by atoms with Gasteiger partial charge in [0, 0.05) is 10.7 Å². The lowest BCUT2D eigenvalue weighted by Crippen LogP contribution is -2.43. The number of carbonyl (C=O) groups excluding carboxylic acids is 2. The Kier molecular flexibility index (Phi) is 7.03. The number of nitrogens with zero attached hydrogens (tertiary/aromatic N) is 1. The number of aryl methyl sites for hydroxylation is 1. The monoisotopic (exact) mass is 393 g/mol. The molecule has 2 rings (SSSR count). The molecule has 0 aliphatic heterocycles. The summed E-state index contributed by atoms with van der Waals surface area (Å²) in [7, 11) is 1.71. The van der Waals surface area contributed by atoms with Gasteiger partial charge in [0.15, 0.2) is 0 Å². The summed E-state index contributed by atoms with van der Waals surface area (Å²) >= 11 is 11.9. The zero-order valence-electron chi connectivity index (χ0n) is 14.8. The van der Waals surface area contributed by atoms with E-state index in [0.717, 1.165) is 11.3 Å². The van der Waals surface area contributed by atoms with Crippen LogP contribution in [-0.2, 0) is 9.59 Å². The molecule has 0 aliphatic rings. The molecule has 5 nitrogen and oxygen atoms in total. The van der Waals surface area contributed by atoms with Crippen LogP contribution < -0.4 is 10.6 Å². The molecular formula is C19H21Cl2N3O2. The number of likely N-dealkylation sites (N-methyl/N-ethyl adjacent to an activating group) is 1. The maximum absolute atomic E-state index is 12.4. The van der Waals surface area contributed by atoms with Crippen LogP contribution in [0.25, 0.3) is 0 Å². The normalized spacial score (nSPS) is 11.9. The van der Waals surface area contributed by atoms with Gasteiger partial charge in [0.2, 0.25) is 11.8 Å². The Bertz CT molecular complexity index is 794. The number of amides is 2. The van der Waals surface area contributed by atoms with Crippen LogP contribution in [0.3, 0.4) is 0 Å². The lowest BCUT2D eigenvalue weighted by molar-refractivity contribution is -0.122. The second-order valence-electron chi connectivity index (χ2n) is 6.12. The minimum Gasteiger partial charge on any atom is -0.325 e. The SMILES string of the molecule is Cc1ccc(NC(=O)CN(C)[C@H](C)C(=O)Nc2ccc(Cl)cc2Cl)cc1. The maximum atomic E-state index is 12.4. The summed E-state index contributed by atoms with van der Waals surface area (Å²) in [6, 6.07) is 11.8. The number of halogens is 2. The van der Waals surface area contributed by atoms with E-state index in [4.69, 9.17) is 23.2 Å². The second-order valence-corrected chi connectivity index (χ2v) is 6.96. The first-order valence-electron chi connectivity index (χ1n) is 8.09. The molecule has 2 N–H and O–H groups in total. The Balaban J connectivity index is 1.90. The summed E-state index contributed by atoms with van der Waals surface area (Å²) in [5.74, 6) is -0.458. The predicted molar refractivity (Wildman–Crippen MR) is 107 cm³/mol. The van der Waals surface area contributed by atoms with Gasteiger partial charge in [-0.3, -0.25) is 14.5 Å². The predicted octanol–water partition coefficient (Wildman–Crippen LogP) is 4.20. The molecule has 0 radical (unpaired) electrons. The van der Waals surface area contributed by atoms with Gasteiger partial charge in [0.1, 0.15) is 0 Å². The van der Waals surface area contributed by atoms with Crippen molar-refractivity contribution in [2.75, 3.05) is 24.2 Å². The van der Waals surface area contributed by atoms with Gasteiger partial charge in [0.05, 0.1) is 23.3 Å². The molecule has 26 heavy (non-hydrogen) atoms. The van der Waals surface area contributed by atoms with Crippen LogP contribution in [0.2, 0.25) is 10.0 Å². The third-order valence-corrected chi connectivity index (χ3v) is 4.51. The number of rotatable bonds is 6. The first-order chi connectivity index (χ1) is 12.3. The van der Waals surface area contributed by atoms with Crippen molar-refractivity contribution in [3.05, 3.63) is 58.1 Å². The smallest absolute Gasteiger partial charge is 0.241 e. The lowest BCUT2D eigenvalue weighted by atomic mass is 10.2. The fourth-order valence-corrected chi connectivity index (χ4v) is 2.68. The van der Waals surface area contributed by atoms with E-state index in [0.29, 0.717) is 15.7 Å². The van der Waals surface area contributed by atoms with Gasteiger partial charge < -0.3 is 10.6 Å². The van der Waals surface area contributed by atoms with E-state index in [-0.39, 0.29) is 18.4 Å². The molecule has 2 aromatic carbocycles. The molecule has 0 heterocycles. The molecular weight excluding hydrogens is 373 g/mol. The van der Waals surface area contributed by atoms with Gasteiger partial charge in [0.25, 0.3) is 0 Å². The Morgan fingerprint density at radius 3 is 2.35 bits per heavy atom. The molecule has 7 heteroatoms. The van der Waals surface area contributed by atoms with Gasteiger partial charge in [-0.15, -0.1) is 0 Å². The first-order valence-corrected chi connectivity index (χ1v) is 8.84. The largest absolute Gasteiger partial charge is 0.325 e. The minimum atomic E-state index is -0.523. The van der Waals surface area contributed by atoms with Crippen LogP contribution in [0.5, 0.6) is 0 Å². The van der Waals surface area contributed by atoms with Crippen molar-refractivity contribution in [2.45, 2.75) is 19.9 Å². The second kappa shape index (κ2) is 9.03. The van der Waals surface area contributed by atoms with Gasteiger partial charge in [-0.25, -0.2) is 0 Å². The molecule has 0 aliphatic carbocycles. The number of hydrogen-bond acceptors (Lipinski definition) is 3. The standard InChI is InChI=1S/C19H21Cl2N3O2/c1-12-4-7-15(8-5-12)22-18(25)11-24(3)13(2)19(26)23-17-9-6-14(20)10-16(17)21/h4-10,13H,11H2,1-3H3,(H,22,25)(H,23,26)/t13-/m1/s1. The van der Waals surface area contributed by atoms with Gasteiger partial charge in [-0.1, -0.05) is 40.9 Å². The highest BCUT2D eigenvalue weighted by Gasteiger charge is 2.21. The highest BCUT2D eigenvalue weighted by molar-refractivity contribution is 6.36. The van der Waals surface area contributed by atoms with Crippen molar-refractivity contribution in [3.63, 3.8) is 0 Å². The number of nitrogens with one attached hydrogen (secondary N) is 2. The van der Waals surface area contributed by atoms with Crippen molar-refractivity contribution < 1.29 is 9.59 Å². The summed E-state index contributed by atoms with van der Waals surface area (Å²) in [4.78, 5) is 26.2. The summed E-state index contributed by atoms with van der Waals surface area (Å²) in [5, 5.41) is 6.41. The van der Waals surface area contributed by atoms with Gasteiger partial charge in [-0.2, -0.15) is 0 Å². The van der Waals surface area contributed by atoms with Gasteiger partial charge in [-0.05, 0) is 51.2 Å². The Hall–Kier alpha value is -2.08. The Morgan fingerprint density at radius 2 is 1.73 bits per heavy atom. The fraction of sp³-hybridized carbons (Fsp3) is 0.263. The van der Waals surface area contributed by atoms with E-state index in [1.165, 1.54) is 0 Å².